The van der Waals surface area contributed by atoms with Crippen LogP contribution in [-0.2, 0) is 6.54 Å². The minimum absolute atomic E-state index is 0.0632. The second kappa shape index (κ2) is 9.79. The molecule has 0 saturated carbocycles. The molecule has 0 saturated heterocycles. The molecule has 1 aliphatic heterocycles. The first kappa shape index (κ1) is 22.6. The average Bonchev–Trinajstić information content (AvgIpc) is 3.32. The molecule has 1 aliphatic rings. The Bertz CT molecular complexity index is 1090. The molecule has 10 nitrogen and oxygen atoms in total. The van der Waals surface area contributed by atoms with Crippen molar-refractivity contribution in [3.05, 3.63) is 82.4 Å². The molecular weight excluding hydrogens is 419 g/mol. The molecule has 4 N–H and O–H groups in total. The van der Waals surface area contributed by atoms with E-state index in [0.717, 1.165) is 0 Å². The number of hydrogen-bond acceptors (Lipinski definition) is 8. The monoisotopic (exact) mass is 442 g/mol. The lowest BCUT2D eigenvalue weighted by Gasteiger charge is -2.18. The van der Waals surface area contributed by atoms with Crippen LogP contribution in [0.25, 0.3) is 5.70 Å². The Morgan fingerprint density at radius 2 is 2.03 bits per heavy atom. The number of nitro groups is 1. The van der Waals surface area contributed by atoms with Gasteiger partial charge < -0.3 is 25.3 Å². The van der Waals surface area contributed by atoms with Crippen LogP contribution in [0.5, 0.6) is 11.8 Å². The quantitative estimate of drug-likeness (QED) is 0.350. The van der Waals surface area contributed by atoms with Gasteiger partial charge >= 0.3 is 11.8 Å². The van der Waals surface area contributed by atoms with E-state index in [1.54, 1.807) is 36.1 Å². The second-order valence-corrected chi connectivity index (χ2v) is 6.89. The van der Waals surface area contributed by atoms with Crippen molar-refractivity contribution in [2.45, 2.75) is 19.6 Å². The van der Waals surface area contributed by atoms with Crippen molar-refractivity contribution in [2.24, 2.45) is 11.6 Å². The first-order chi connectivity index (χ1) is 15.3. The third-order valence-electron chi connectivity index (χ3n) is 4.49. The summed E-state index contributed by atoms with van der Waals surface area (Å²) in [5, 5.41) is 11.6. The van der Waals surface area contributed by atoms with Gasteiger partial charge in [0, 0.05) is 11.2 Å². The maximum Gasteiger partial charge on any atom is 0.414 e. The fourth-order valence-electron chi connectivity index (χ4n) is 2.97. The minimum Gasteiger partial charge on any atom is -0.495 e. The molecule has 0 spiro atoms. The normalized spacial score (nSPS) is 14.6. The molecule has 0 bridgehead atoms. The van der Waals surface area contributed by atoms with Gasteiger partial charge in [-0.15, -0.1) is 0 Å². The fraction of sp³-hybridized carbons (Fsp3) is 0.190. The van der Waals surface area contributed by atoms with Gasteiger partial charge in [0.2, 0.25) is 0 Å². The number of anilines is 1. The number of imidazole rings is 1. The Balaban J connectivity index is 0.000000204. The van der Waals surface area contributed by atoms with Crippen LogP contribution >= 0.6 is 0 Å². The summed E-state index contributed by atoms with van der Waals surface area (Å²) in [6.07, 6.45) is 3.01. The highest BCUT2D eigenvalue weighted by Gasteiger charge is 2.28. The van der Waals surface area contributed by atoms with Gasteiger partial charge in [0.05, 0.1) is 25.0 Å². The van der Waals surface area contributed by atoms with E-state index in [2.05, 4.69) is 4.98 Å². The molecule has 0 radical (unpaired) electrons. The molecular formula is C21H23FN6O4. The van der Waals surface area contributed by atoms with E-state index in [-0.39, 0.29) is 17.7 Å². The number of ether oxygens (including phenoxy) is 2. The number of para-hydroxylation sites is 2. The van der Waals surface area contributed by atoms with E-state index in [1.165, 1.54) is 23.3 Å². The van der Waals surface area contributed by atoms with E-state index in [9.17, 15) is 14.5 Å². The van der Waals surface area contributed by atoms with Crippen LogP contribution in [0.4, 0.5) is 15.9 Å². The van der Waals surface area contributed by atoms with Gasteiger partial charge in [0.1, 0.15) is 23.9 Å². The Hall–Kier alpha value is -4.12. The number of nitrogens with zero attached hydrogens (tertiary/aromatic N) is 4. The SMILES string of the molecule is CC1Cn2cc([N+](=O)[O-])nc2O1.COc1ccccc1N(N)/C=C(\N)c1ccc(F)cc1. The molecule has 1 aromatic heterocycles. The summed E-state index contributed by atoms with van der Waals surface area (Å²) >= 11 is 0. The summed E-state index contributed by atoms with van der Waals surface area (Å²) < 4.78 is 24.9. The highest BCUT2D eigenvalue weighted by atomic mass is 19.1. The van der Waals surface area contributed by atoms with Crippen molar-refractivity contribution < 1.29 is 18.8 Å². The van der Waals surface area contributed by atoms with Crippen molar-refractivity contribution >= 4 is 17.2 Å². The molecule has 1 unspecified atom stereocenters. The molecule has 4 rings (SSSR count). The number of halogens is 1. The van der Waals surface area contributed by atoms with E-state index in [0.29, 0.717) is 35.3 Å². The Labute approximate surface area is 183 Å². The number of methoxy groups -OCH3 is 1. The lowest BCUT2D eigenvalue weighted by Crippen LogP contribution is -2.26. The average molecular weight is 442 g/mol. The molecule has 2 heterocycles. The van der Waals surface area contributed by atoms with Gasteiger partial charge in [-0.2, -0.15) is 0 Å². The smallest absolute Gasteiger partial charge is 0.414 e. The summed E-state index contributed by atoms with van der Waals surface area (Å²) in [6, 6.07) is 13.5. The zero-order valence-electron chi connectivity index (χ0n) is 17.5. The lowest BCUT2D eigenvalue weighted by atomic mass is 10.2. The zero-order chi connectivity index (χ0) is 23.3. The predicted molar refractivity (Wildman–Crippen MR) is 117 cm³/mol. The number of hydrazine groups is 1. The molecule has 0 aliphatic carbocycles. The van der Waals surface area contributed by atoms with E-state index in [1.807, 2.05) is 25.1 Å². The number of fused-ring (bicyclic) bond motifs is 1. The number of nitrogens with two attached hydrogens (primary N) is 2. The van der Waals surface area contributed by atoms with Crippen LogP contribution in [0.1, 0.15) is 12.5 Å². The molecule has 0 amide bonds. The largest absolute Gasteiger partial charge is 0.495 e. The third kappa shape index (κ3) is 5.32. The van der Waals surface area contributed by atoms with Crippen molar-refractivity contribution in [1.82, 2.24) is 9.55 Å². The van der Waals surface area contributed by atoms with Gasteiger partial charge in [-0.25, -0.2) is 10.2 Å². The molecule has 2 aromatic carbocycles. The Morgan fingerprint density at radius 3 is 2.66 bits per heavy atom. The van der Waals surface area contributed by atoms with Crippen LogP contribution in [0.2, 0.25) is 0 Å². The summed E-state index contributed by atoms with van der Waals surface area (Å²) in [5.74, 6) is 6.13. The standard InChI is InChI=1S/C15H16FN3O.C6H7N3O3/c1-20-15-5-3-2-4-14(15)19(18)10-13(17)11-6-8-12(16)9-7-11;1-4-2-8-3-5(9(10)11)7-6(8)12-4/h2-10H,17-18H2,1H3;3-4H,2H2,1H3/b13-10-;. The summed E-state index contributed by atoms with van der Waals surface area (Å²) in [5.41, 5.74) is 7.75. The predicted octanol–water partition coefficient (Wildman–Crippen LogP) is 3.04. The van der Waals surface area contributed by atoms with Gasteiger partial charge in [-0.05, 0) is 53.8 Å². The van der Waals surface area contributed by atoms with Crippen LogP contribution in [0.3, 0.4) is 0 Å². The van der Waals surface area contributed by atoms with Gasteiger partial charge in [-0.3, -0.25) is 9.58 Å². The molecule has 11 heteroatoms. The summed E-state index contributed by atoms with van der Waals surface area (Å²) in [6.45, 7) is 2.52. The zero-order valence-corrected chi connectivity index (χ0v) is 17.5. The number of hydrogen-bond donors (Lipinski definition) is 2. The Morgan fingerprint density at radius 1 is 1.34 bits per heavy atom. The first-order valence-electron chi connectivity index (χ1n) is 9.57. The lowest BCUT2D eigenvalue weighted by molar-refractivity contribution is -0.389. The van der Waals surface area contributed by atoms with Gasteiger partial charge in [0.25, 0.3) is 0 Å². The van der Waals surface area contributed by atoms with Gasteiger partial charge in [0.15, 0.2) is 0 Å². The first-order valence-corrected chi connectivity index (χ1v) is 9.57. The van der Waals surface area contributed by atoms with E-state index >= 15 is 0 Å². The maximum atomic E-state index is 12.9. The molecule has 3 aromatic rings. The van der Waals surface area contributed by atoms with Crippen molar-refractivity contribution in [1.29, 1.82) is 0 Å². The highest BCUT2D eigenvalue weighted by molar-refractivity contribution is 5.68. The summed E-state index contributed by atoms with van der Waals surface area (Å²) in [4.78, 5) is 13.4. The third-order valence-corrected chi connectivity index (χ3v) is 4.49. The minimum atomic E-state index is -0.528. The summed E-state index contributed by atoms with van der Waals surface area (Å²) in [7, 11) is 1.57. The highest BCUT2D eigenvalue weighted by Crippen LogP contribution is 2.26. The van der Waals surface area contributed by atoms with E-state index in [4.69, 9.17) is 21.1 Å². The van der Waals surface area contributed by atoms with Crippen LogP contribution in [0.15, 0.2) is 60.9 Å². The van der Waals surface area contributed by atoms with Crippen LogP contribution in [-0.4, -0.2) is 27.7 Å². The topological polar surface area (TPSA) is 135 Å². The Kier molecular flexibility index (Phi) is 6.90. The van der Waals surface area contributed by atoms with Crippen molar-refractivity contribution in [2.75, 3.05) is 12.1 Å². The van der Waals surface area contributed by atoms with Crippen molar-refractivity contribution in [3.63, 3.8) is 0 Å². The van der Waals surface area contributed by atoms with E-state index < -0.39 is 4.92 Å². The number of rotatable bonds is 5. The van der Waals surface area contributed by atoms with Crippen LogP contribution < -0.4 is 26.1 Å². The number of aromatic nitrogens is 2. The number of benzene rings is 2. The second-order valence-electron chi connectivity index (χ2n) is 6.89. The fourth-order valence-corrected chi connectivity index (χ4v) is 2.97. The molecule has 0 fully saturated rings. The molecule has 168 valence electrons. The molecule has 32 heavy (non-hydrogen) atoms. The maximum absolute atomic E-state index is 12.9. The van der Waals surface area contributed by atoms with Crippen molar-refractivity contribution in [3.8, 4) is 11.8 Å². The van der Waals surface area contributed by atoms with Crippen LogP contribution in [0, 0.1) is 15.9 Å². The van der Waals surface area contributed by atoms with Gasteiger partial charge in [-0.1, -0.05) is 12.1 Å². The molecule has 1 atom stereocenters.